The molecule has 1 heterocycles. The minimum Gasteiger partial charge on any atom is -0.493 e. The average Bonchev–Trinajstić information content (AvgIpc) is 3.27. The van der Waals surface area contributed by atoms with E-state index >= 15 is 0 Å². The number of rotatable bonds is 8. The maximum absolute atomic E-state index is 10.2. The van der Waals surface area contributed by atoms with Crippen LogP contribution in [0.4, 0.5) is 0 Å². The quantitative estimate of drug-likeness (QED) is 0.682. The van der Waals surface area contributed by atoms with Crippen LogP contribution >= 0.6 is 0 Å². The summed E-state index contributed by atoms with van der Waals surface area (Å²) in [6, 6.07) is 9.86. The molecule has 0 amide bonds. The first-order chi connectivity index (χ1) is 13.5. The first kappa shape index (κ1) is 19.9. The molecular formula is C20H24N4O4. The maximum Gasteiger partial charge on any atom is 0.293 e. The molecule has 1 aromatic rings. The monoisotopic (exact) mass is 384 g/mol. The Balaban J connectivity index is 2.17. The summed E-state index contributed by atoms with van der Waals surface area (Å²) in [7, 11) is 1.54. The summed E-state index contributed by atoms with van der Waals surface area (Å²) in [6.45, 7) is 6.43. The molecule has 3 rings (SSSR count). The van der Waals surface area contributed by atoms with E-state index in [1.807, 2.05) is 13.0 Å². The molecule has 0 saturated heterocycles. The normalized spacial score (nSPS) is 29.2. The van der Waals surface area contributed by atoms with E-state index in [0.29, 0.717) is 23.7 Å². The van der Waals surface area contributed by atoms with Gasteiger partial charge in [0.15, 0.2) is 16.9 Å². The van der Waals surface area contributed by atoms with Gasteiger partial charge in [-0.15, -0.1) is 0 Å². The third kappa shape index (κ3) is 2.19. The number of hydrogen-bond acceptors (Lipinski definition) is 8. The van der Waals surface area contributed by atoms with Crippen molar-refractivity contribution in [2.45, 2.75) is 32.6 Å². The number of fused-ring (bicyclic) bond motifs is 1. The van der Waals surface area contributed by atoms with Crippen LogP contribution in [0.2, 0.25) is 0 Å². The molecule has 1 aromatic carbocycles. The van der Waals surface area contributed by atoms with E-state index in [2.05, 4.69) is 17.1 Å². The molecule has 1 aliphatic heterocycles. The summed E-state index contributed by atoms with van der Waals surface area (Å²) >= 11 is 0. The number of hydrogen-bond donors (Lipinski definition) is 1. The van der Waals surface area contributed by atoms with Crippen molar-refractivity contribution in [2.24, 2.45) is 21.6 Å². The van der Waals surface area contributed by atoms with Gasteiger partial charge in [0.1, 0.15) is 11.3 Å². The summed E-state index contributed by atoms with van der Waals surface area (Å²) in [5.74, 6) is -1.05. The van der Waals surface area contributed by atoms with Crippen LogP contribution in [0.5, 0.6) is 11.5 Å². The lowest BCUT2D eigenvalue weighted by molar-refractivity contribution is -0.255. The zero-order chi connectivity index (χ0) is 20.6. The Morgan fingerprint density at radius 2 is 1.75 bits per heavy atom. The van der Waals surface area contributed by atoms with Crippen molar-refractivity contribution in [1.82, 2.24) is 0 Å². The molecular weight excluding hydrogens is 360 g/mol. The molecule has 0 aromatic heterocycles. The standard InChI is InChI=1S/C20H24N4O4/c1-5-26-14-9-8-13(10-15(14)25-4)16-18(11-21)17(23)24-20(27-6-2,28-7-3)19(16,18)12-22/h8-10,16H,5-7H2,1-4H3,(H2,23,24)/t16-,18+,19+/m0/s1. The number of aliphatic imine (C=N–C) groups is 1. The molecule has 8 nitrogen and oxygen atoms in total. The van der Waals surface area contributed by atoms with Crippen molar-refractivity contribution in [3.05, 3.63) is 23.8 Å². The molecule has 0 unspecified atom stereocenters. The molecule has 2 aliphatic rings. The predicted octanol–water partition coefficient (Wildman–Crippen LogP) is 2.31. The van der Waals surface area contributed by atoms with Crippen LogP contribution in [-0.4, -0.2) is 38.7 Å². The highest BCUT2D eigenvalue weighted by Crippen LogP contribution is 2.82. The number of nitrogens with zero attached hydrogens (tertiary/aromatic N) is 3. The molecule has 0 bridgehead atoms. The smallest absolute Gasteiger partial charge is 0.293 e. The van der Waals surface area contributed by atoms with Crippen molar-refractivity contribution in [1.29, 1.82) is 10.5 Å². The molecule has 1 aliphatic carbocycles. The Bertz CT molecular complexity index is 881. The van der Waals surface area contributed by atoms with Crippen LogP contribution in [0.1, 0.15) is 32.3 Å². The minimum absolute atomic E-state index is 0.0521. The second-order valence-electron chi connectivity index (χ2n) is 6.56. The fourth-order valence-corrected chi connectivity index (χ4v) is 4.39. The van der Waals surface area contributed by atoms with Gasteiger partial charge in [0, 0.05) is 19.1 Å². The summed E-state index contributed by atoms with van der Waals surface area (Å²) in [5, 5.41) is 20.3. The predicted molar refractivity (Wildman–Crippen MR) is 101 cm³/mol. The van der Waals surface area contributed by atoms with Crippen LogP contribution < -0.4 is 15.2 Å². The van der Waals surface area contributed by atoms with Gasteiger partial charge in [-0.1, -0.05) is 6.07 Å². The lowest BCUT2D eigenvalue weighted by Gasteiger charge is -2.31. The molecule has 0 radical (unpaired) electrons. The van der Waals surface area contributed by atoms with Gasteiger partial charge in [0.25, 0.3) is 5.91 Å². The van der Waals surface area contributed by atoms with Crippen LogP contribution in [0.25, 0.3) is 0 Å². The molecule has 0 spiro atoms. The highest BCUT2D eigenvalue weighted by atomic mass is 16.7. The van der Waals surface area contributed by atoms with Crippen LogP contribution in [0.3, 0.4) is 0 Å². The number of amidine groups is 1. The van der Waals surface area contributed by atoms with E-state index in [0.717, 1.165) is 0 Å². The number of nitrogens with two attached hydrogens (primary N) is 1. The summed E-state index contributed by atoms with van der Waals surface area (Å²) in [4.78, 5) is 4.33. The van der Waals surface area contributed by atoms with Crippen molar-refractivity contribution < 1.29 is 18.9 Å². The van der Waals surface area contributed by atoms with Crippen LogP contribution in [-0.2, 0) is 9.47 Å². The fraction of sp³-hybridized carbons (Fsp3) is 0.550. The Hall–Kier alpha value is -2.81. The molecule has 2 N–H and O–H groups in total. The van der Waals surface area contributed by atoms with E-state index in [1.165, 1.54) is 7.11 Å². The second-order valence-corrected chi connectivity index (χ2v) is 6.56. The van der Waals surface area contributed by atoms with Gasteiger partial charge in [-0.3, -0.25) is 0 Å². The zero-order valence-corrected chi connectivity index (χ0v) is 16.5. The van der Waals surface area contributed by atoms with Crippen molar-refractivity contribution in [2.75, 3.05) is 26.9 Å². The number of methoxy groups -OCH3 is 1. The average molecular weight is 384 g/mol. The lowest BCUT2D eigenvalue weighted by atomic mass is 9.93. The number of nitriles is 2. The van der Waals surface area contributed by atoms with E-state index in [4.69, 9.17) is 24.7 Å². The van der Waals surface area contributed by atoms with Crippen molar-refractivity contribution in [3.8, 4) is 23.6 Å². The van der Waals surface area contributed by atoms with Gasteiger partial charge in [0.05, 0.1) is 25.9 Å². The molecule has 28 heavy (non-hydrogen) atoms. The van der Waals surface area contributed by atoms with E-state index in [-0.39, 0.29) is 19.0 Å². The van der Waals surface area contributed by atoms with Crippen molar-refractivity contribution >= 4 is 5.84 Å². The van der Waals surface area contributed by atoms with E-state index in [9.17, 15) is 10.5 Å². The first-order valence-corrected chi connectivity index (χ1v) is 9.25. The zero-order valence-electron chi connectivity index (χ0n) is 16.5. The van der Waals surface area contributed by atoms with E-state index < -0.39 is 22.7 Å². The fourth-order valence-electron chi connectivity index (χ4n) is 4.39. The lowest BCUT2D eigenvalue weighted by Crippen LogP contribution is -2.43. The van der Waals surface area contributed by atoms with Crippen molar-refractivity contribution in [3.63, 3.8) is 0 Å². The van der Waals surface area contributed by atoms with Crippen LogP contribution in [0, 0.1) is 33.5 Å². The first-order valence-electron chi connectivity index (χ1n) is 9.25. The third-order valence-corrected chi connectivity index (χ3v) is 5.43. The third-order valence-electron chi connectivity index (χ3n) is 5.43. The molecule has 1 fully saturated rings. The molecule has 1 saturated carbocycles. The highest BCUT2D eigenvalue weighted by molar-refractivity contribution is 6.00. The summed E-state index contributed by atoms with van der Waals surface area (Å²) in [5.41, 5.74) is 4.20. The maximum atomic E-state index is 10.2. The van der Waals surface area contributed by atoms with Gasteiger partial charge in [-0.25, -0.2) is 4.99 Å². The van der Waals surface area contributed by atoms with Gasteiger partial charge < -0.3 is 24.7 Å². The van der Waals surface area contributed by atoms with Gasteiger partial charge in [0.2, 0.25) is 0 Å². The second kappa shape index (κ2) is 6.97. The summed E-state index contributed by atoms with van der Waals surface area (Å²) < 4.78 is 22.7. The Morgan fingerprint density at radius 3 is 2.25 bits per heavy atom. The van der Waals surface area contributed by atoms with Gasteiger partial charge in [-0.2, -0.15) is 10.5 Å². The van der Waals surface area contributed by atoms with Gasteiger partial charge >= 0.3 is 0 Å². The molecule has 148 valence electrons. The number of ether oxygens (including phenoxy) is 4. The van der Waals surface area contributed by atoms with Crippen LogP contribution in [0.15, 0.2) is 23.2 Å². The summed E-state index contributed by atoms with van der Waals surface area (Å²) in [6.07, 6.45) is 0. The van der Waals surface area contributed by atoms with E-state index in [1.54, 1.807) is 26.0 Å². The Labute approximate surface area is 164 Å². The Morgan fingerprint density at radius 1 is 1.07 bits per heavy atom. The highest BCUT2D eigenvalue weighted by Gasteiger charge is 2.93. The number of benzene rings is 1. The Kier molecular flexibility index (Phi) is 4.97. The SMILES string of the molecule is CCOc1ccc([C@H]2[C@]3(C#N)C(N)=NC(OCC)(OCC)[C@]23C#N)cc1OC. The molecule has 3 atom stereocenters. The van der Waals surface area contributed by atoms with Gasteiger partial charge in [-0.05, 0) is 38.5 Å². The molecule has 8 heteroatoms. The topological polar surface area (TPSA) is 123 Å². The minimum atomic E-state index is -1.62. The largest absolute Gasteiger partial charge is 0.493 e.